The van der Waals surface area contributed by atoms with Crippen molar-refractivity contribution in [2.75, 3.05) is 11.1 Å². The van der Waals surface area contributed by atoms with Crippen molar-refractivity contribution in [2.45, 2.75) is 0 Å². The number of nitro groups is 2. The fourth-order valence-corrected chi connectivity index (χ4v) is 3.10. The average molecular weight is 609 g/mol. The van der Waals surface area contributed by atoms with Crippen molar-refractivity contribution in [1.29, 1.82) is 0 Å². The van der Waals surface area contributed by atoms with Gasteiger partial charge < -0.3 is 21.3 Å². The highest BCUT2D eigenvalue weighted by atomic mass is 35.5. The number of nitro benzene ring substituents is 2. The number of nitrogens with one attached hydrogen (secondary N) is 1. The number of carboxylic acid groups (broad SMARTS) is 2. The van der Waals surface area contributed by atoms with Gasteiger partial charge in [-0.3, -0.25) is 29.8 Å². The molecule has 4 aromatic rings. The third-order valence-corrected chi connectivity index (χ3v) is 5.41. The number of anilines is 2. The van der Waals surface area contributed by atoms with Crippen LogP contribution in [0.5, 0.6) is 0 Å². The van der Waals surface area contributed by atoms with Crippen LogP contribution < -0.4 is 11.1 Å². The fraction of sp³-hybridized carbons (Fsp3) is 0. The minimum absolute atomic E-state index is 0.0586. The van der Waals surface area contributed by atoms with Crippen molar-refractivity contribution in [1.82, 2.24) is 0 Å². The number of nitrogen functional groups attached to an aromatic ring is 1. The largest absolute Gasteiger partial charge is 0.478 e. The molecule has 0 fully saturated rings. The molecule has 0 unspecified atom stereocenters. The summed E-state index contributed by atoms with van der Waals surface area (Å²) < 4.78 is 0. The topological polar surface area (TPSA) is 233 Å². The Morgan fingerprint density at radius 3 is 1.30 bits per heavy atom. The van der Waals surface area contributed by atoms with E-state index in [0.29, 0.717) is 11.4 Å². The van der Waals surface area contributed by atoms with Crippen molar-refractivity contribution >= 4 is 57.4 Å². The third-order valence-electron chi connectivity index (χ3n) is 5.19. The summed E-state index contributed by atoms with van der Waals surface area (Å²) in [6, 6.07) is 22.0. The van der Waals surface area contributed by atoms with Gasteiger partial charge in [-0.15, -0.1) is 0 Å². The first-order valence-corrected chi connectivity index (χ1v) is 12.1. The lowest BCUT2D eigenvalue weighted by Crippen LogP contribution is -2.12. The molecule has 0 aliphatic heterocycles. The van der Waals surface area contributed by atoms with Gasteiger partial charge in [0, 0.05) is 46.8 Å². The molecule has 0 saturated heterocycles. The molecule has 0 radical (unpaired) electrons. The molecule has 0 spiro atoms. The molecule has 0 aliphatic rings. The summed E-state index contributed by atoms with van der Waals surface area (Å²) in [6.07, 6.45) is 0. The quantitative estimate of drug-likeness (QED) is 0.0886. The molecule has 5 N–H and O–H groups in total. The number of hydrogen-bond acceptors (Lipinski definition) is 9. The number of nitrogens with two attached hydrogens (primary N) is 1. The number of amides is 1. The number of carbonyl (C=O) groups excluding carboxylic acids is 2. The van der Waals surface area contributed by atoms with Crippen LogP contribution in [0.4, 0.5) is 22.7 Å². The van der Waals surface area contributed by atoms with Gasteiger partial charge in [-0.05, 0) is 84.4 Å². The number of carbonyl (C=O) groups is 4. The maximum atomic E-state index is 11.9. The Balaban J connectivity index is 0.000000248. The number of halogens is 1. The molecule has 4 rings (SSSR count). The second-order valence-corrected chi connectivity index (χ2v) is 8.49. The van der Waals surface area contributed by atoms with Crippen LogP contribution in [0.1, 0.15) is 41.4 Å². The van der Waals surface area contributed by atoms with E-state index in [1.165, 1.54) is 84.9 Å². The van der Waals surface area contributed by atoms with Crippen molar-refractivity contribution in [3.05, 3.63) is 140 Å². The van der Waals surface area contributed by atoms with Gasteiger partial charge >= 0.3 is 11.9 Å². The standard InChI is InChI=1S/C14H10N2O5.C7H4ClNO3.C7H7NO2/c17-13(9-3-7-12(8-4-9)16(20)21)15-11-5-1-10(2-6-11)14(18)19;8-7(10)5-1-3-6(4-2-5)9(11)12;8-6-3-1-5(2-4-6)7(9)10/h1-8H,(H,15,17)(H,18,19);1-4H;1-4H,8H2,(H,9,10). The maximum Gasteiger partial charge on any atom is 0.335 e. The molecule has 0 aromatic heterocycles. The van der Waals surface area contributed by atoms with Crippen LogP contribution in [-0.4, -0.2) is 43.1 Å². The van der Waals surface area contributed by atoms with Gasteiger partial charge in [0.05, 0.1) is 21.0 Å². The number of aromatic carboxylic acids is 2. The highest BCUT2D eigenvalue weighted by Gasteiger charge is 2.10. The predicted molar refractivity (Wildman–Crippen MR) is 156 cm³/mol. The molecule has 14 nitrogen and oxygen atoms in total. The van der Waals surface area contributed by atoms with Crippen LogP contribution in [-0.2, 0) is 0 Å². The smallest absolute Gasteiger partial charge is 0.335 e. The second kappa shape index (κ2) is 15.6. The molecule has 4 aromatic carbocycles. The molecular weight excluding hydrogens is 588 g/mol. The maximum absolute atomic E-state index is 11.9. The molecular formula is C28H21ClN4O10. The minimum atomic E-state index is -1.05. The van der Waals surface area contributed by atoms with Crippen molar-refractivity contribution in [2.24, 2.45) is 0 Å². The van der Waals surface area contributed by atoms with Crippen LogP contribution in [0.2, 0.25) is 0 Å². The zero-order valence-corrected chi connectivity index (χ0v) is 22.5. The van der Waals surface area contributed by atoms with Crippen molar-refractivity contribution < 1.29 is 39.2 Å². The summed E-state index contributed by atoms with van der Waals surface area (Å²) in [5.74, 6) is -2.42. The van der Waals surface area contributed by atoms with E-state index in [-0.39, 0.29) is 33.6 Å². The summed E-state index contributed by atoms with van der Waals surface area (Å²) in [4.78, 5) is 63.0. The van der Waals surface area contributed by atoms with E-state index in [0.717, 1.165) is 0 Å². The number of hydrogen-bond donors (Lipinski definition) is 4. The lowest BCUT2D eigenvalue weighted by Gasteiger charge is -2.05. The van der Waals surface area contributed by atoms with E-state index < -0.39 is 32.9 Å². The van der Waals surface area contributed by atoms with Gasteiger partial charge in [-0.2, -0.15) is 0 Å². The highest BCUT2D eigenvalue weighted by molar-refractivity contribution is 6.67. The van der Waals surface area contributed by atoms with Crippen LogP contribution >= 0.6 is 11.6 Å². The molecule has 0 heterocycles. The van der Waals surface area contributed by atoms with Crippen LogP contribution in [0, 0.1) is 20.2 Å². The Labute approximate surface area is 247 Å². The summed E-state index contributed by atoms with van der Waals surface area (Å²) in [6.45, 7) is 0. The zero-order valence-electron chi connectivity index (χ0n) is 21.7. The number of carboxylic acids is 2. The van der Waals surface area contributed by atoms with E-state index in [2.05, 4.69) is 5.32 Å². The summed E-state index contributed by atoms with van der Waals surface area (Å²) in [5, 5.41) is 39.8. The molecule has 0 saturated carbocycles. The Morgan fingerprint density at radius 1 is 0.605 bits per heavy atom. The van der Waals surface area contributed by atoms with E-state index in [9.17, 15) is 39.4 Å². The van der Waals surface area contributed by atoms with Gasteiger partial charge in [-0.25, -0.2) is 9.59 Å². The summed E-state index contributed by atoms with van der Waals surface area (Å²) in [5.41, 5.74) is 7.07. The van der Waals surface area contributed by atoms with E-state index >= 15 is 0 Å². The Morgan fingerprint density at radius 2 is 0.953 bits per heavy atom. The normalized spacial score (nSPS) is 9.60. The molecule has 220 valence electrons. The Bertz CT molecular complexity index is 1590. The SMILES string of the molecule is Nc1ccc(C(=O)O)cc1.O=C(Cl)c1ccc([N+](=O)[O-])cc1.O=C(O)c1ccc(NC(=O)c2ccc([N+](=O)[O-])cc2)cc1. The van der Waals surface area contributed by atoms with E-state index in [1.54, 1.807) is 12.1 Å². The number of rotatable bonds is 7. The molecule has 15 heteroatoms. The number of benzene rings is 4. The Hall–Kier alpha value is -6.15. The van der Waals surface area contributed by atoms with E-state index in [1.807, 2.05) is 0 Å². The Kier molecular flexibility index (Phi) is 12.0. The number of nitrogens with zero attached hydrogens (tertiary/aromatic N) is 2. The highest BCUT2D eigenvalue weighted by Crippen LogP contribution is 2.15. The average Bonchev–Trinajstić information content (AvgIpc) is 2.98. The van der Waals surface area contributed by atoms with Crippen molar-refractivity contribution in [3.63, 3.8) is 0 Å². The first-order chi connectivity index (χ1) is 20.3. The lowest BCUT2D eigenvalue weighted by molar-refractivity contribution is -0.385. The molecule has 0 bridgehead atoms. The van der Waals surface area contributed by atoms with Crippen LogP contribution in [0.15, 0.2) is 97.1 Å². The van der Waals surface area contributed by atoms with Crippen LogP contribution in [0.25, 0.3) is 0 Å². The van der Waals surface area contributed by atoms with Gasteiger partial charge in [0.2, 0.25) is 0 Å². The fourth-order valence-electron chi connectivity index (χ4n) is 2.97. The third kappa shape index (κ3) is 10.7. The second-order valence-electron chi connectivity index (χ2n) is 8.15. The lowest BCUT2D eigenvalue weighted by atomic mass is 10.1. The monoisotopic (exact) mass is 608 g/mol. The minimum Gasteiger partial charge on any atom is -0.478 e. The molecule has 0 atom stereocenters. The molecule has 0 aliphatic carbocycles. The predicted octanol–water partition coefficient (Wildman–Crippen LogP) is 5.49. The van der Waals surface area contributed by atoms with Gasteiger partial charge in [0.15, 0.2) is 0 Å². The first kappa shape index (κ1) is 33.1. The molecule has 43 heavy (non-hydrogen) atoms. The first-order valence-electron chi connectivity index (χ1n) is 11.7. The van der Waals surface area contributed by atoms with Crippen LogP contribution in [0.3, 0.4) is 0 Å². The molecule has 1 amide bonds. The summed E-state index contributed by atoms with van der Waals surface area (Å²) in [7, 11) is 0. The summed E-state index contributed by atoms with van der Waals surface area (Å²) >= 11 is 5.13. The van der Waals surface area contributed by atoms with Gasteiger partial charge in [-0.1, -0.05) is 0 Å². The van der Waals surface area contributed by atoms with Crippen molar-refractivity contribution in [3.8, 4) is 0 Å². The van der Waals surface area contributed by atoms with E-state index in [4.69, 9.17) is 27.5 Å². The van der Waals surface area contributed by atoms with Gasteiger partial charge in [0.25, 0.3) is 22.5 Å². The number of non-ortho nitro benzene ring substituents is 2. The zero-order chi connectivity index (χ0) is 32.1. The van der Waals surface area contributed by atoms with Gasteiger partial charge in [0.1, 0.15) is 0 Å².